The zero-order valence-electron chi connectivity index (χ0n) is 21.0. The number of pyridine rings is 1. The van der Waals surface area contributed by atoms with Gasteiger partial charge in [0.05, 0.1) is 17.2 Å². The standard InChI is InChI=1S/C25H33F5N4O2/c1-5-34-22(16(4)21(33-34)23(35)32-12-17-8-6-14(2)7-9-17)19-13-31-18(10-15(3)25(28,29)30)11-20(19)36-24(26)27/h11,13-15,17,24H,5-10,12H2,1-4H3,(H,32,35). The molecule has 0 aliphatic heterocycles. The number of nitrogens with zero attached hydrogens (tertiary/aromatic N) is 3. The summed E-state index contributed by atoms with van der Waals surface area (Å²) in [6.07, 6.45) is 0.639. The molecule has 1 atom stereocenters. The minimum atomic E-state index is -4.44. The summed E-state index contributed by atoms with van der Waals surface area (Å²) in [7, 11) is 0. The summed E-state index contributed by atoms with van der Waals surface area (Å²) >= 11 is 0. The van der Waals surface area contributed by atoms with E-state index >= 15 is 0 Å². The predicted molar refractivity (Wildman–Crippen MR) is 125 cm³/mol. The first-order valence-corrected chi connectivity index (χ1v) is 12.3. The van der Waals surface area contributed by atoms with E-state index in [2.05, 4.69) is 27.1 Å². The molecule has 1 aliphatic rings. The molecule has 2 aromatic heterocycles. The zero-order valence-corrected chi connectivity index (χ0v) is 21.0. The van der Waals surface area contributed by atoms with Crippen molar-refractivity contribution in [2.24, 2.45) is 17.8 Å². The number of hydrogen-bond donors (Lipinski definition) is 1. The van der Waals surface area contributed by atoms with E-state index in [1.165, 1.54) is 10.9 Å². The van der Waals surface area contributed by atoms with E-state index in [1.807, 2.05) is 0 Å². The molecule has 0 aromatic carbocycles. The Labute approximate surface area is 207 Å². The van der Waals surface area contributed by atoms with Crippen molar-refractivity contribution >= 4 is 5.91 Å². The molecule has 36 heavy (non-hydrogen) atoms. The van der Waals surface area contributed by atoms with Gasteiger partial charge in [-0.15, -0.1) is 0 Å². The van der Waals surface area contributed by atoms with Crippen molar-refractivity contribution < 1.29 is 31.5 Å². The van der Waals surface area contributed by atoms with Gasteiger partial charge in [-0.25, -0.2) is 0 Å². The Morgan fingerprint density at radius 1 is 1.25 bits per heavy atom. The predicted octanol–water partition coefficient (Wildman–Crippen LogP) is 6.17. The van der Waals surface area contributed by atoms with Crippen molar-refractivity contribution in [1.29, 1.82) is 0 Å². The van der Waals surface area contributed by atoms with Gasteiger partial charge in [-0.2, -0.15) is 27.1 Å². The Morgan fingerprint density at radius 2 is 1.92 bits per heavy atom. The summed E-state index contributed by atoms with van der Waals surface area (Å²) < 4.78 is 71.5. The third-order valence-corrected chi connectivity index (χ3v) is 6.86. The first-order chi connectivity index (χ1) is 16.9. The molecule has 1 aliphatic carbocycles. The van der Waals surface area contributed by atoms with E-state index in [1.54, 1.807) is 13.8 Å². The van der Waals surface area contributed by atoms with Crippen molar-refractivity contribution in [3.8, 4) is 17.0 Å². The second kappa shape index (κ2) is 11.6. The summed E-state index contributed by atoms with van der Waals surface area (Å²) in [6, 6.07) is 1.10. The van der Waals surface area contributed by atoms with Crippen molar-refractivity contribution in [3.63, 3.8) is 0 Å². The highest BCUT2D eigenvalue weighted by atomic mass is 19.4. The van der Waals surface area contributed by atoms with Crippen LogP contribution in [0.5, 0.6) is 5.75 Å². The molecule has 0 radical (unpaired) electrons. The van der Waals surface area contributed by atoms with Crippen LogP contribution in [0.15, 0.2) is 12.3 Å². The van der Waals surface area contributed by atoms with Crippen LogP contribution >= 0.6 is 0 Å². The van der Waals surface area contributed by atoms with E-state index < -0.39 is 25.1 Å². The van der Waals surface area contributed by atoms with Crippen molar-refractivity contribution in [1.82, 2.24) is 20.1 Å². The Kier molecular flexibility index (Phi) is 8.94. The number of halogens is 5. The highest BCUT2D eigenvalue weighted by Gasteiger charge is 2.36. The first kappa shape index (κ1) is 27.9. The monoisotopic (exact) mass is 516 g/mol. The number of aromatic nitrogens is 3. The van der Waals surface area contributed by atoms with E-state index in [0.717, 1.165) is 38.7 Å². The smallest absolute Gasteiger partial charge is 0.391 e. The van der Waals surface area contributed by atoms with Crippen LogP contribution < -0.4 is 10.1 Å². The molecular formula is C25H33F5N4O2. The topological polar surface area (TPSA) is 69.0 Å². The summed E-state index contributed by atoms with van der Waals surface area (Å²) in [4.78, 5) is 17.0. The quantitative estimate of drug-likeness (QED) is 0.405. The molecule has 3 rings (SSSR count). The molecule has 200 valence electrons. The van der Waals surface area contributed by atoms with Crippen LogP contribution in [0.4, 0.5) is 22.0 Å². The molecule has 2 aromatic rings. The molecule has 6 nitrogen and oxygen atoms in total. The van der Waals surface area contributed by atoms with Gasteiger partial charge in [-0.3, -0.25) is 14.5 Å². The number of ether oxygens (including phenoxy) is 1. The number of amides is 1. The number of nitrogens with one attached hydrogen (secondary N) is 1. The molecule has 11 heteroatoms. The number of rotatable bonds is 9. The largest absolute Gasteiger partial charge is 0.434 e. The Bertz CT molecular complexity index is 1050. The highest BCUT2D eigenvalue weighted by molar-refractivity contribution is 5.95. The highest BCUT2D eigenvalue weighted by Crippen LogP contribution is 2.36. The Balaban J connectivity index is 1.89. The number of carbonyl (C=O) groups excluding carboxylic acids is 1. The van der Waals surface area contributed by atoms with Crippen LogP contribution in [-0.2, 0) is 13.0 Å². The van der Waals surface area contributed by atoms with Gasteiger partial charge in [0.15, 0.2) is 5.69 Å². The maximum atomic E-state index is 13.2. The van der Waals surface area contributed by atoms with Crippen LogP contribution in [0.25, 0.3) is 11.3 Å². The molecule has 0 saturated heterocycles. The molecule has 1 N–H and O–H groups in total. The van der Waals surface area contributed by atoms with Gasteiger partial charge in [-0.1, -0.05) is 26.7 Å². The van der Waals surface area contributed by atoms with E-state index in [4.69, 9.17) is 0 Å². The lowest BCUT2D eigenvalue weighted by atomic mass is 9.83. The van der Waals surface area contributed by atoms with Crippen LogP contribution in [-0.4, -0.2) is 40.0 Å². The van der Waals surface area contributed by atoms with Crippen LogP contribution in [0.3, 0.4) is 0 Å². The fraction of sp³-hybridized carbons (Fsp3) is 0.640. The fourth-order valence-electron chi connectivity index (χ4n) is 4.58. The molecular weight excluding hydrogens is 483 g/mol. The Hall–Kier alpha value is -2.72. The number of hydrogen-bond acceptors (Lipinski definition) is 4. The summed E-state index contributed by atoms with van der Waals surface area (Å²) in [5, 5.41) is 7.33. The lowest BCUT2D eigenvalue weighted by Crippen LogP contribution is -2.31. The van der Waals surface area contributed by atoms with Crippen LogP contribution in [0, 0.1) is 24.7 Å². The maximum Gasteiger partial charge on any atom is 0.391 e. The van der Waals surface area contributed by atoms with Crippen LogP contribution in [0.2, 0.25) is 0 Å². The molecule has 1 fully saturated rings. The number of carbonyl (C=O) groups is 1. The maximum absolute atomic E-state index is 13.2. The van der Waals surface area contributed by atoms with Crippen molar-refractivity contribution in [2.75, 3.05) is 6.54 Å². The minimum Gasteiger partial charge on any atom is -0.434 e. The summed E-state index contributed by atoms with van der Waals surface area (Å²) in [5.74, 6) is -1.28. The second-order valence-corrected chi connectivity index (χ2v) is 9.67. The Morgan fingerprint density at radius 3 is 2.50 bits per heavy atom. The molecule has 1 saturated carbocycles. The average Bonchev–Trinajstić information content (AvgIpc) is 3.14. The second-order valence-electron chi connectivity index (χ2n) is 9.67. The van der Waals surface area contributed by atoms with E-state index in [0.29, 0.717) is 36.2 Å². The van der Waals surface area contributed by atoms with Gasteiger partial charge >= 0.3 is 12.8 Å². The normalized spacial score (nSPS) is 19.4. The number of alkyl halides is 5. The van der Waals surface area contributed by atoms with Crippen molar-refractivity contribution in [3.05, 3.63) is 29.2 Å². The molecule has 2 heterocycles. The van der Waals surface area contributed by atoms with Crippen LogP contribution in [0.1, 0.15) is 68.2 Å². The third kappa shape index (κ3) is 6.73. The SMILES string of the molecule is CCn1nc(C(=O)NCC2CCC(C)CC2)c(C)c1-c1cnc(CC(C)C(F)(F)F)cc1OC(F)F. The van der Waals surface area contributed by atoms with Gasteiger partial charge in [-0.05, 0) is 38.5 Å². The van der Waals surface area contributed by atoms with Gasteiger partial charge in [0.25, 0.3) is 5.91 Å². The lowest BCUT2D eigenvalue weighted by Gasteiger charge is -2.26. The van der Waals surface area contributed by atoms with E-state index in [9.17, 15) is 26.7 Å². The molecule has 1 unspecified atom stereocenters. The van der Waals surface area contributed by atoms with Crippen molar-refractivity contribution in [2.45, 2.75) is 79.1 Å². The van der Waals surface area contributed by atoms with Gasteiger partial charge in [0.2, 0.25) is 0 Å². The summed E-state index contributed by atoms with van der Waals surface area (Å²) in [6.45, 7) is 4.31. The minimum absolute atomic E-state index is 0.0285. The first-order valence-electron chi connectivity index (χ1n) is 12.3. The zero-order chi connectivity index (χ0) is 26.6. The fourth-order valence-corrected chi connectivity index (χ4v) is 4.58. The third-order valence-electron chi connectivity index (χ3n) is 6.86. The molecule has 1 amide bonds. The molecule has 0 bridgehead atoms. The van der Waals surface area contributed by atoms with Gasteiger partial charge < -0.3 is 10.1 Å². The lowest BCUT2D eigenvalue weighted by molar-refractivity contribution is -0.169. The van der Waals surface area contributed by atoms with Gasteiger partial charge in [0, 0.05) is 43.0 Å². The van der Waals surface area contributed by atoms with E-state index in [-0.39, 0.29) is 28.6 Å². The van der Waals surface area contributed by atoms with Gasteiger partial charge in [0.1, 0.15) is 5.75 Å². The average molecular weight is 517 g/mol. The number of aryl methyl sites for hydroxylation is 1. The summed E-state index contributed by atoms with van der Waals surface area (Å²) in [5.41, 5.74) is 1.07. The molecule has 0 spiro atoms.